The van der Waals surface area contributed by atoms with Gasteiger partial charge >= 0.3 is 0 Å². The molecule has 0 saturated heterocycles. The summed E-state index contributed by atoms with van der Waals surface area (Å²) in [6.45, 7) is 0. The van der Waals surface area contributed by atoms with Crippen molar-refractivity contribution in [2.24, 2.45) is 0 Å². The van der Waals surface area contributed by atoms with Crippen molar-refractivity contribution in [1.29, 1.82) is 0 Å². The van der Waals surface area contributed by atoms with Crippen molar-refractivity contribution in [3.05, 3.63) is 237 Å². The van der Waals surface area contributed by atoms with Gasteiger partial charge in [-0.2, -0.15) is 0 Å². The van der Waals surface area contributed by atoms with Crippen LogP contribution in [0.5, 0.6) is 0 Å². The van der Waals surface area contributed by atoms with Crippen LogP contribution in [0.1, 0.15) is 0 Å². The van der Waals surface area contributed by atoms with Crippen molar-refractivity contribution in [2.75, 3.05) is 4.90 Å². The summed E-state index contributed by atoms with van der Waals surface area (Å²) in [5.74, 6) is 0. The molecular weight excluding hydrogens is 687 g/mol. The summed E-state index contributed by atoms with van der Waals surface area (Å²) in [7, 11) is 0. The van der Waals surface area contributed by atoms with Crippen LogP contribution in [0.2, 0.25) is 0 Å². The number of hydrogen-bond donors (Lipinski definition) is 0. The highest BCUT2D eigenvalue weighted by Gasteiger charge is 2.21. The van der Waals surface area contributed by atoms with Crippen LogP contribution in [-0.2, 0) is 0 Å². The van der Waals surface area contributed by atoms with Crippen LogP contribution < -0.4 is 4.90 Å². The summed E-state index contributed by atoms with van der Waals surface area (Å²) < 4.78 is 0. The lowest BCUT2D eigenvalue weighted by atomic mass is 9.85. The fourth-order valence-electron chi connectivity index (χ4n) is 8.51. The maximum atomic E-state index is 2.40. The van der Waals surface area contributed by atoms with Gasteiger partial charge in [-0.15, -0.1) is 0 Å². The molecule has 0 spiro atoms. The molecule has 0 bridgehead atoms. The molecule has 10 aromatic carbocycles. The van der Waals surface area contributed by atoms with E-state index in [1.165, 1.54) is 77.2 Å². The molecule has 0 aromatic heterocycles. The first kappa shape index (κ1) is 34.0. The molecule has 10 rings (SSSR count). The van der Waals surface area contributed by atoms with Gasteiger partial charge in [-0.3, -0.25) is 0 Å². The zero-order valence-corrected chi connectivity index (χ0v) is 31.5. The van der Waals surface area contributed by atoms with Crippen molar-refractivity contribution in [3.8, 4) is 55.6 Å². The maximum absolute atomic E-state index is 2.40. The lowest BCUT2D eigenvalue weighted by molar-refractivity contribution is 1.29. The van der Waals surface area contributed by atoms with Gasteiger partial charge in [0.2, 0.25) is 0 Å². The van der Waals surface area contributed by atoms with Gasteiger partial charge in [0.15, 0.2) is 0 Å². The summed E-state index contributed by atoms with van der Waals surface area (Å²) in [6.07, 6.45) is 0. The van der Waals surface area contributed by atoms with Crippen LogP contribution in [-0.4, -0.2) is 0 Å². The van der Waals surface area contributed by atoms with Gasteiger partial charge in [-0.25, -0.2) is 0 Å². The molecule has 0 N–H and O–H groups in total. The number of nitrogens with zero attached hydrogens (tertiary/aromatic N) is 1. The summed E-state index contributed by atoms with van der Waals surface area (Å²) in [6, 6.07) is 85.5. The molecule has 1 nitrogen and oxygen atoms in total. The summed E-state index contributed by atoms with van der Waals surface area (Å²) >= 11 is 0. The molecule has 0 aliphatic heterocycles. The Morgan fingerprint density at radius 1 is 0.211 bits per heavy atom. The number of anilines is 3. The van der Waals surface area contributed by atoms with E-state index in [1.807, 2.05) is 0 Å². The second-order valence-corrected chi connectivity index (χ2v) is 14.4. The highest BCUT2D eigenvalue weighted by molar-refractivity contribution is 6.22. The Hall–Kier alpha value is -7.48. The summed E-state index contributed by atoms with van der Waals surface area (Å²) in [4.78, 5) is 2.38. The predicted octanol–water partition coefficient (Wildman–Crippen LogP) is 15.8. The molecule has 0 unspecified atom stereocenters. The highest BCUT2D eigenvalue weighted by atomic mass is 15.1. The monoisotopic (exact) mass is 725 g/mol. The average molecular weight is 726 g/mol. The third-order valence-corrected chi connectivity index (χ3v) is 11.1. The van der Waals surface area contributed by atoms with Crippen LogP contribution in [0.15, 0.2) is 237 Å². The Labute approximate surface area is 334 Å². The largest absolute Gasteiger partial charge is 0.310 e. The molecule has 0 atom stereocenters. The molecule has 57 heavy (non-hydrogen) atoms. The van der Waals surface area contributed by atoms with Crippen LogP contribution in [0.25, 0.3) is 77.2 Å². The minimum Gasteiger partial charge on any atom is -0.310 e. The van der Waals surface area contributed by atoms with Gasteiger partial charge in [0, 0.05) is 17.1 Å². The van der Waals surface area contributed by atoms with Crippen LogP contribution in [0, 0.1) is 0 Å². The summed E-state index contributed by atoms with van der Waals surface area (Å²) in [5, 5.41) is 4.96. The third kappa shape index (κ3) is 6.36. The number of para-hydroxylation sites is 1. The van der Waals surface area contributed by atoms with Gasteiger partial charge in [0.05, 0.1) is 0 Å². The molecule has 0 aliphatic carbocycles. The van der Waals surface area contributed by atoms with Gasteiger partial charge in [0.1, 0.15) is 0 Å². The number of fused-ring (bicyclic) bond motifs is 3. The zero-order chi connectivity index (χ0) is 38.0. The van der Waals surface area contributed by atoms with Gasteiger partial charge in [-0.05, 0) is 114 Å². The summed E-state index contributed by atoms with van der Waals surface area (Å²) in [5.41, 5.74) is 15.5. The Bertz CT molecular complexity index is 2960. The second-order valence-electron chi connectivity index (χ2n) is 14.4. The molecule has 0 radical (unpaired) electrons. The van der Waals surface area contributed by atoms with E-state index in [0.29, 0.717) is 0 Å². The lowest BCUT2D eigenvalue weighted by Gasteiger charge is -2.27. The van der Waals surface area contributed by atoms with Crippen molar-refractivity contribution < 1.29 is 0 Å². The fourth-order valence-corrected chi connectivity index (χ4v) is 8.51. The Balaban J connectivity index is 1.17. The molecule has 0 amide bonds. The second kappa shape index (κ2) is 15.0. The van der Waals surface area contributed by atoms with E-state index in [9.17, 15) is 0 Å². The van der Waals surface area contributed by atoms with Crippen molar-refractivity contribution in [2.45, 2.75) is 0 Å². The van der Waals surface area contributed by atoms with E-state index in [-0.39, 0.29) is 0 Å². The Kier molecular flexibility index (Phi) is 8.95. The van der Waals surface area contributed by atoms with Crippen molar-refractivity contribution in [1.82, 2.24) is 0 Å². The molecule has 0 aliphatic rings. The average Bonchev–Trinajstić information content (AvgIpc) is 3.30. The number of benzene rings is 10. The van der Waals surface area contributed by atoms with E-state index in [4.69, 9.17) is 0 Å². The minimum atomic E-state index is 1.09. The normalized spacial score (nSPS) is 11.2. The lowest BCUT2D eigenvalue weighted by Crippen LogP contribution is -2.10. The Morgan fingerprint density at radius 2 is 0.596 bits per heavy atom. The van der Waals surface area contributed by atoms with Gasteiger partial charge in [0.25, 0.3) is 0 Å². The van der Waals surface area contributed by atoms with Crippen molar-refractivity contribution in [3.63, 3.8) is 0 Å². The molecule has 0 fully saturated rings. The molecule has 0 saturated carbocycles. The minimum absolute atomic E-state index is 1.09. The van der Waals surface area contributed by atoms with Crippen LogP contribution >= 0.6 is 0 Å². The topological polar surface area (TPSA) is 3.24 Å². The van der Waals surface area contributed by atoms with E-state index < -0.39 is 0 Å². The maximum Gasteiger partial charge on any atom is 0.0468 e. The third-order valence-electron chi connectivity index (χ3n) is 11.1. The SMILES string of the molecule is c1ccc(-c2cccc(-c3ccc(N(c4ccccc4)c4ccc5c(c4)c(-c4ccccc4)c(-c4ccccc4)c4ccccc45)cc3)c2-c2ccccc2)cc1. The molecule has 0 heterocycles. The van der Waals surface area contributed by atoms with E-state index in [1.54, 1.807) is 0 Å². The van der Waals surface area contributed by atoms with Crippen LogP contribution in [0.4, 0.5) is 17.1 Å². The zero-order valence-electron chi connectivity index (χ0n) is 31.5. The first-order valence-corrected chi connectivity index (χ1v) is 19.6. The first-order chi connectivity index (χ1) is 28.3. The standard InChI is InChI=1S/C56H39N/c1-6-19-40(20-7-1)48-31-18-32-49(54(48)42-21-8-2-9-22-42)41-33-35-46(36-34-41)57(45-27-14-5-15-28-45)47-37-38-51-50-29-16-17-30-52(50)55(43-23-10-3-11-24-43)56(53(51)39-47)44-25-12-4-13-26-44/h1-39H. The molecule has 1 heteroatoms. The first-order valence-electron chi connectivity index (χ1n) is 19.6. The fraction of sp³-hybridized carbons (Fsp3) is 0. The molecular formula is C56H39N. The van der Waals surface area contributed by atoms with Crippen molar-refractivity contribution >= 4 is 38.6 Å². The van der Waals surface area contributed by atoms with Gasteiger partial charge < -0.3 is 4.90 Å². The van der Waals surface area contributed by atoms with E-state index in [2.05, 4.69) is 241 Å². The highest BCUT2D eigenvalue weighted by Crippen LogP contribution is 2.47. The predicted molar refractivity (Wildman–Crippen MR) is 243 cm³/mol. The number of rotatable bonds is 8. The van der Waals surface area contributed by atoms with E-state index >= 15 is 0 Å². The van der Waals surface area contributed by atoms with E-state index in [0.717, 1.165) is 17.1 Å². The molecule has 10 aromatic rings. The molecule has 268 valence electrons. The quantitative estimate of drug-likeness (QED) is 0.141. The van der Waals surface area contributed by atoms with Gasteiger partial charge in [-0.1, -0.05) is 200 Å². The number of hydrogen-bond acceptors (Lipinski definition) is 1. The smallest absolute Gasteiger partial charge is 0.0468 e. The van der Waals surface area contributed by atoms with Crippen LogP contribution in [0.3, 0.4) is 0 Å². The Morgan fingerprint density at radius 3 is 1.16 bits per heavy atom.